The summed E-state index contributed by atoms with van der Waals surface area (Å²) < 4.78 is 29.1. The van der Waals surface area contributed by atoms with E-state index in [1.54, 1.807) is 47.4 Å². The van der Waals surface area contributed by atoms with Crippen LogP contribution in [0.1, 0.15) is 17.5 Å². The van der Waals surface area contributed by atoms with E-state index in [4.69, 9.17) is 16.9 Å². The summed E-state index contributed by atoms with van der Waals surface area (Å²) in [6, 6.07) is 15.1. The predicted octanol–water partition coefficient (Wildman–Crippen LogP) is 3.51. The van der Waals surface area contributed by atoms with Crippen LogP contribution in [0.25, 0.3) is 10.1 Å². The van der Waals surface area contributed by atoms with Gasteiger partial charge in [-0.1, -0.05) is 29.8 Å². The molecule has 9 heteroatoms. The number of sulfonamides is 1. The van der Waals surface area contributed by atoms with E-state index in [-0.39, 0.29) is 10.1 Å². The number of amides is 1. The number of likely N-dealkylation sites (tertiary alicyclic amines) is 1. The standard InChI is InChI=1S/C20H16ClN3O3S2/c21-16-5-4-15-9-19(28-18(15)10-16)29(26,27)23-17-6-7-24(20(17)25)12-14-3-1-2-13(8-14)11-22/h1-5,8-10,17,23H,6-7,12H2/t17-/m0/s1. The molecule has 1 aromatic heterocycles. The molecule has 0 bridgehead atoms. The molecule has 1 saturated heterocycles. The minimum Gasteiger partial charge on any atom is -0.337 e. The van der Waals surface area contributed by atoms with Gasteiger partial charge in [-0.3, -0.25) is 4.79 Å². The molecule has 4 rings (SSSR count). The second-order valence-corrected chi connectivity index (χ2v) is 10.2. The molecule has 1 aliphatic rings. The molecule has 0 unspecified atom stereocenters. The number of thiophene rings is 1. The number of rotatable bonds is 5. The topological polar surface area (TPSA) is 90.3 Å². The smallest absolute Gasteiger partial charge is 0.250 e. The van der Waals surface area contributed by atoms with Gasteiger partial charge in [0.05, 0.1) is 11.6 Å². The number of hydrogen-bond acceptors (Lipinski definition) is 5. The molecule has 1 atom stereocenters. The molecule has 2 heterocycles. The van der Waals surface area contributed by atoms with E-state index < -0.39 is 16.1 Å². The lowest BCUT2D eigenvalue weighted by Crippen LogP contribution is -2.41. The van der Waals surface area contributed by atoms with Gasteiger partial charge in [-0.15, -0.1) is 11.3 Å². The van der Waals surface area contributed by atoms with Crippen LogP contribution in [-0.2, 0) is 21.4 Å². The Morgan fingerprint density at radius 1 is 1.24 bits per heavy atom. The van der Waals surface area contributed by atoms with E-state index >= 15 is 0 Å². The lowest BCUT2D eigenvalue weighted by Gasteiger charge is -2.17. The molecule has 0 spiro atoms. The van der Waals surface area contributed by atoms with Gasteiger partial charge >= 0.3 is 0 Å². The van der Waals surface area contributed by atoms with Crippen molar-refractivity contribution in [1.29, 1.82) is 5.26 Å². The number of carbonyl (C=O) groups is 1. The molecule has 3 aromatic rings. The van der Waals surface area contributed by atoms with Gasteiger partial charge in [0, 0.05) is 22.8 Å². The molecule has 1 fully saturated rings. The summed E-state index contributed by atoms with van der Waals surface area (Å²) in [6.07, 6.45) is 0.396. The van der Waals surface area contributed by atoms with E-state index in [9.17, 15) is 13.2 Å². The summed E-state index contributed by atoms with van der Waals surface area (Å²) in [5, 5.41) is 10.3. The molecule has 1 aliphatic heterocycles. The zero-order valence-electron chi connectivity index (χ0n) is 15.1. The summed E-state index contributed by atoms with van der Waals surface area (Å²) in [4.78, 5) is 14.3. The van der Waals surface area contributed by atoms with Gasteiger partial charge in [0.1, 0.15) is 10.3 Å². The molecule has 1 amide bonds. The Balaban J connectivity index is 1.48. The predicted molar refractivity (Wildman–Crippen MR) is 112 cm³/mol. The Kier molecular flexibility index (Phi) is 5.32. The first-order valence-corrected chi connectivity index (χ1v) is 11.5. The van der Waals surface area contributed by atoms with Crippen LogP contribution in [0.15, 0.2) is 52.7 Å². The quantitative estimate of drug-likeness (QED) is 0.650. The Hall–Kier alpha value is -2.44. The molecule has 6 nitrogen and oxygen atoms in total. The van der Waals surface area contributed by atoms with Gasteiger partial charge < -0.3 is 4.90 Å². The number of benzene rings is 2. The number of nitrogens with one attached hydrogen (secondary N) is 1. The summed E-state index contributed by atoms with van der Waals surface area (Å²) in [7, 11) is -3.82. The normalized spacial score (nSPS) is 17.0. The second kappa shape index (κ2) is 7.76. The summed E-state index contributed by atoms with van der Waals surface area (Å²) in [5.74, 6) is -0.264. The van der Waals surface area contributed by atoms with Crippen LogP contribution in [-0.4, -0.2) is 31.8 Å². The minimum atomic E-state index is -3.82. The van der Waals surface area contributed by atoms with Crippen LogP contribution in [0.2, 0.25) is 5.02 Å². The fraction of sp³-hybridized carbons (Fsp3) is 0.200. The Bertz CT molecular complexity index is 1250. The summed E-state index contributed by atoms with van der Waals surface area (Å²) in [6.45, 7) is 0.790. The Morgan fingerprint density at radius 3 is 2.86 bits per heavy atom. The van der Waals surface area contributed by atoms with Gasteiger partial charge in [0.25, 0.3) is 10.0 Å². The zero-order chi connectivity index (χ0) is 20.6. The molecule has 1 N–H and O–H groups in total. The largest absolute Gasteiger partial charge is 0.337 e. The number of halogens is 1. The molecule has 0 aliphatic carbocycles. The van der Waals surface area contributed by atoms with Gasteiger partial charge in [-0.25, -0.2) is 8.42 Å². The first-order valence-electron chi connectivity index (χ1n) is 8.85. The third-order valence-electron chi connectivity index (χ3n) is 4.75. The molecule has 0 radical (unpaired) electrons. The van der Waals surface area contributed by atoms with Gasteiger partial charge in [0.15, 0.2) is 0 Å². The molecular formula is C20H16ClN3O3S2. The van der Waals surface area contributed by atoms with Crippen LogP contribution in [0, 0.1) is 11.3 Å². The van der Waals surface area contributed by atoms with Crippen molar-refractivity contribution in [3.05, 3.63) is 64.7 Å². The lowest BCUT2D eigenvalue weighted by molar-refractivity contribution is -0.129. The molecule has 148 valence electrons. The molecular weight excluding hydrogens is 430 g/mol. The fourth-order valence-electron chi connectivity index (χ4n) is 3.32. The third kappa shape index (κ3) is 4.14. The van der Waals surface area contributed by atoms with Crippen molar-refractivity contribution in [1.82, 2.24) is 9.62 Å². The lowest BCUT2D eigenvalue weighted by atomic mass is 10.1. The van der Waals surface area contributed by atoms with Crippen LogP contribution >= 0.6 is 22.9 Å². The molecule has 0 saturated carbocycles. The Morgan fingerprint density at radius 2 is 2.07 bits per heavy atom. The highest BCUT2D eigenvalue weighted by Gasteiger charge is 2.35. The van der Waals surface area contributed by atoms with Crippen LogP contribution in [0.3, 0.4) is 0 Å². The summed E-state index contributed by atoms with van der Waals surface area (Å²) >= 11 is 7.09. The van der Waals surface area contributed by atoms with Crippen molar-refractivity contribution in [2.24, 2.45) is 0 Å². The van der Waals surface area contributed by atoms with Crippen LogP contribution in [0.5, 0.6) is 0 Å². The van der Waals surface area contributed by atoms with Crippen molar-refractivity contribution >= 4 is 49.0 Å². The Labute approximate surface area is 177 Å². The van der Waals surface area contributed by atoms with Crippen LogP contribution in [0.4, 0.5) is 0 Å². The van der Waals surface area contributed by atoms with Gasteiger partial charge in [-0.05, 0) is 47.7 Å². The van der Waals surface area contributed by atoms with E-state index in [1.165, 1.54) is 0 Å². The van der Waals surface area contributed by atoms with E-state index in [0.717, 1.165) is 27.0 Å². The number of nitriles is 1. The van der Waals surface area contributed by atoms with Gasteiger partial charge in [-0.2, -0.15) is 9.98 Å². The number of carbonyl (C=O) groups excluding carboxylic acids is 1. The van der Waals surface area contributed by atoms with Crippen LogP contribution < -0.4 is 4.72 Å². The van der Waals surface area contributed by atoms with E-state index in [2.05, 4.69) is 10.8 Å². The minimum absolute atomic E-state index is 0.155. The molecule has 2 aromatic carbocycles. The van der Waals surface area contributed by atoms with E-state index in [0.29, 0.717) is 30.1 Å². The van der Waals surface area contributed by atoms with Crippen molar-refractivity contribution < 1.29 is 13.2 Å². The monoisotopic (exact) mass is 445 g/mol. The van der Waals surface area contributed by atoms with E-state index in [1.807, 2.05) is 6.07 Å². The molecule has 29 heavy (non-hydrogen) atoms. The maximum atomic E-state index is 12.8. The number of hydrogen-bond donors (Lipinski definition) is 1. The fourth-order valence-corrected chi connectivity index (χ4v) is 6.24. The van der Waals surface area contributed by atoms with Crippen molar-refractivity contribution in [3.63, 3.8) is 0 Å². The zero-order valence-corrected chi connectivity index (χ0v) is 17.5. The number of nitrogens with zero attached hydrogens (tertiary/aromatic N) is 2. The highest BCUT2D eigenvalue weighted by atomic mass is 35.5. The average Bonchev–Trinajstić information content (AvgIpc) is 3.27. The SMILES string of the molecule is N#Cc1cccc(CN2CC[C@H](NS(=O)(=O)c3cc4ccc(Cl)cc4s3)C2=O)c1. The van der Waals surface area contributed by atoms with Crippen molar-refractivity contribution in [3.8, 4) is 6.07 Å². The summed E-state index contributed by atoms with van der Waals surface area (Å²) in [5.41, 5.74) is 1.36. The van der Waals surface area contributed by atoms with Gasteiger partial charge in [0.2, 0.25) is 5.91 Å². The first-order chi connectivity index (χ1) is 13.9. The highest BCUT2D eigenvalue weighted by Crippen LogP contribution is 2.31. The second-order valence-electron chi connectivity index (χ2n) is 6.78. The first kappa shape index (κ1) is 19.9. The maximum Gasteiger partial charge on any atom is 0.250 e. The third-order valence-corrected chi connectivity index (χ3v) is 8.03. The highest BCUT2D eigenvalue weighted by molar-refractivity contribution is 7.91. The van der Waals surface area contributed by atoms with Crippen molar-refractivity contribution in [2.45, 2.75) is 23.2 Å². The average molecular weight is 446 g/mol. The number of fused-ring (bicyclic) bond motifs is 1. The maximum absolute atomic E-state index is 12.8. The van der Waals surface area contributed by atoms with Crippen molar-refractivity contribution in [2.75, 3.05) is 6.54 Å².